The Morgan fingerprint density at radius 1 is 1.50 bits per heavy atom. The highest BCUT2D eigenvalue weighted by Gasteiger charge is 2.21. The molecule has 6 heteroatoms. The summed E-state index contributed by atoms with van der Waals surface area (Å²) in [6.07, 6.45) is 2.58. The number of hydrogen-bond acceptors (Lipinski definition) is 5. The molecule has 0 spiro atoms. The first kappa shape index (κ1) is 13.0. The number of nitrogens with two attached hydrogens (primary N) is 1. The van der Waals surface area contributed by atoms with E-state index in [2.05, 4.69) is 22.0 Å². The van der Waals surface area contributed by atoms with E-state index in [-0.39, 0.29) is 12.0 Å². The Morgan fingerprint density at radius 3 is 2.94 bits per heavy atom. The molecule has 0 aliphatic carbocycles. The summed E-state index contributed by atoms with van der Waals surface area (Å²) in [5.41, 5.74) is 6.53. The fourth-order valence-corrected chi connectivity index (χ4v) is 1.72. The monoisotopic (exact) mass is 266 g/mol. The second-order valence-corrected chi connectivity index (χ2v) is 4.61. The van der Waals surface area contributed by atoms with Crippen LogP contribution in [0.15, 0.2) is 22.9 Å². The molecule has 0 aliphatic rings. The first-order valence-electron chi connectivity index (χ1n) is 5.83. The summed E-state index contributed by atoms with van der Waals surface area (Å²) in [4.78, 5) is 8.39. The summed E-state index contributed by atoms with van der Waals surface area (Å²) in [6.45, 7) is 4.11. The molecule has 0 bridgehead atoms. The van der Waals surface area contributed by atoms with Crippen molar-refractivity contribution < 1.29 is 4.52 Å². The number of hydrogen-bond donors (Lipinski definition) is 1. The number of pyridine rings is 1. The van der Waals surface area contributed by atoms with Gasteiger partial charge in [-0.25, -0.2) is 0 Å². The van der Waals surface area contributed by atoms with Gasteiger partial charge in [-0.15, -0.1) is 0 Å². The van der Waals surface area contributed by atoms with Gasteiger partial charge in [-0.05, 0) is 18.1 Å². The zero-order valence-electron chi connectivity index (χ0n) is 10.3. The van der Waals surface area contributed by atoms with Gasteiger partial charge in [-0.3, -0.25) is 4.98 Å². The van der Waals surface area contributed by atoms with Gasteiger partial charge < -0.3 is 10.3 Å². The fourth-order valence-electron chi connectivity index (χ4n) is 1.51. The smallest absolute Gasteiger partial charge is 0.244 e. The molecule has 2 rings (SSSR count). The summed E-state index contributed by atoms with van der Waals surface area (Å²) in [6, 6.07) is 3.21. The van der Waals surface area contributed by atoms with Crippen LogP contribution in [-0.4, -0.2) is 15.1 Å². The van der Waals surface area contributed by atoms with Crippen LogP contribution in [0.4, 0.5) is 0 Å². The molecule has 2 heterocycles. The predicted molar refractivity (Wildman–Crippen MR) is 68.9 cm³/mol. The van der Waals surface area contributed by atoms with Crippen LogP contribution < -0.4 is 5.73 Å². The molecule has 2 aromatic rings. The highest BCUT2D eigenvalue weighted by Crippen LogP contribution is 2.25. The number of halogens is 1. The van der Waals surface area contributed by atoms with Crippen molar-refractivity contribution in [3.05, 3.63) is 29.2 Å². The third-order valence-corrected chi connectivity index (χ3v) is 3.26. The van der Waals surface area contributed by atoms with E-state index in [0.717, 1.165) is 6.42 Å². The Hall–Kier alpha value is -1.46. The molecule has 0 aliphatic heterocycles. The van der Waals surface area contributed by atoms with Gasteiger partial charge in [0, 0.05) is 6.20 Å². The van der Waals surface area contributed by atoms with Crippen molar-refractivity contribution in [2.24, 2.45) is 11.7 Å². The van der Waals surface area contributed by atoms with Crippen LogP contribution in [0.1, 0.15) is 32.2 Å². The van der Waals surface area contributed by atoms with Gasteiger partial charge in [-0.1, -0.05) is 37.0 Å². The van der Waals surface area contributed by atoms with Crippen LogP contribution in [0.5, 0.6) is 0 Å². The van der Waals surface area contributed by atoms with E-state index in [1.165, 1.54) is 0 Å². The molecule has 2 atom stereocenters. The Kier molecular flexibility index (Phi) is 3.93. The van der Waals surface area contributed by atoms with E-state index < -0.39 is 0 Å². The molecule has 0 radical (unpaired) electrons. The van der Waals surface area contributed by atoms with Crippen molar-refractivity contribution in [3.8, 4) is 11.5 Å². The summed E-state index contributed by atoms with van der Waals surface area (Å²) in [5, 5.41) is 4.36. The van der Waals surface area contributed by atoms with Crippen LogP contribution in [0.25, 0.3) is 11.5 Å². The topological polar surface area (TPSA) is 77.8 Å². The molecule has 5 nitrogen and oxygen atoms in total. The minimum Gasteiger partial charge on any atom is -0.337 e. The predicted octanol–water partition coefficient (Wildman–Crippen LogP) is 2.83. The first-order valence-corrected chi connectivity index (χ1v) is 6.21. The maximum Gasteiger partial charge on any atom is 0.244 e. The Labute approximate surface area is 110 Å². The SMILES string of the molecule is CCC(C)[C@H](N)c1nc(-c2ncccc2Cl)no1. The van der Waals surface area contributed by atoms with Gasteiger partial charge in [0.2, 0.25) is 11.7 Å². The van der Waals surface area contributed by atoms with Gasteiger partial charge in [0.15, 0.2) is 0 Å². The molecular formula is C12H15ClN4O. The Bertz CT molecular complexity index is 528. The number of rotatable bonds is 4. The zero-order valence-corrected chi connectivity index (χ0v) is 11.1. The lowest BCUT2D eigenvalue weighted by atomic mass is 10.0. The van der Waals surface area contributed by atoms with Gasteiger partial charge in [0.05, 0.1) is 11.1 Å². The second kappa shape index (κ2) is 5.46. The maximum atomic E-state index is 6.03. The normalized spacial score (nSPS) is 14.4. The van der Waals surface area contributed by atoms with E-state index in [9.17, 15) is 0 Å². The molecule has 2 N–H and O–H groups in total. The van der Waals surface area contributed by atoms with Crippen molar-refractivity contribution in [2.75, 3.05) is 0 Å². The number of nitrogens with zero attached hydrogens (tertiary/aromatic N) is 3. The van der Waals surface area contributed by atoms with Crippen LogP contribution in [0.2, 0.25) is 5.02 Å². The molecule has 0 fully saturated rings. The lowest BCUT2D eigenvalue weighted by Gasteiger charge is -2.12. The Morgan fingerprint density at radius 2 is 2.28 bits per heavy atom. The zero-order chi connectivity index (χ0) is 13.1. The van der Waals surface area contributed by atoms with E-state index in [1.54, 1.807) is 18.3 Å². The summed E-state index contributed by atoms with van der Waals surface area (Å²) < 4.78 is 5.17. The highest BCUT2D eigenvalue weighted by molar-refractivity contribution is 6.32. The molecule has 0 aromatic carbocycles. The van der Waals surface area contributed by atoms with Gasteiger partial charge in [-0.2, -0.15) is 4.98 Å². The van der Waals surface area contributed by atoms with Crippen LogP contribution >= 0.6 is 11.6 Å². The fraction of sp³-hybridized carbons (Fsp3) is 0.417. The quantitative estimate of drug-likeness (QED) is 0.921. The van der Waals surface area contributed by atoms with E-state index in [0.29, 0.717) is 22.4 Å². The molecule has 0 saturated carbocycles. The molecule has 0 amide bonds. The standard InChI is InChI=1S/C12H15ClN4O/c1-3-7(2)9(14)12-16-11(17-18-12)10-8(13)5-4-6-15-10/h4-7,9H,3,14H2,1-2H3/t7?,9-/m0/s1. The third kappa shape index (κ3) is 2.52. The third-order valence-electron chi connectivity index (χ3n) is 2.95. The molecular weight excluding hydrogens is 252 g/mol. The molecule has 2 aromatic heterocycles. The average Bonchev–Trinajstić information content (AvgIpc) is 2.87. The van der Waals surface area contributed by atoms with E-state index >= 15 is 0 Å². The van der Waals surface area contributed by atoms with Crippen LogP contribution in [0, 0.1) is 5.92 Å². The largest absolute Gasteiger partial charge is 0.337 e. The van der Waals surface area contributed by atoms with Gasteiger partial charge >= 0.3 is 0 Å². The molecule has 18 heavy (non-hydrogen) atoms. The molecule has 1 unspecified atom stereocenters. The number of aromatic nitrogens is 3. The van der Waals surface area contributed by atoms with Crippen molar-refractivity contribution in [3.63, 3.8) is 0 Å². The molecule has 96 valence electrons. The minimum absolute atomic E-state index is 0.265. The van der Waals surface area contributed by atoms with E-state index in [1.807, 2.05) is 6.92 Å². The van der Waals surface area contributed by atoms with Crippen molar-refractivity contribution in [1.29, 1.82) is 0 Å². The van der Waals surface area contributed by atoms with Crippen LogP contribution in [0.3, 0.4) is 0 Å². The minimum atomic E-state index is -0.265. The first-order chi connectivity index (χ1) is 8.63. The lowest BCUT2D eigenvalue weighted by Crippen LogP contribution is -2.18. The van der Waals surface area contributed by atoms with Gasteiger partial charge in [0.25, 0.3) is 0 Å². The van der Waals surface area contributed by atoms with Crippen molar-refractivity contribution in [1.82, 2.24) is 15.1 Å². The summed E-state index contributed by atoms with van der Waals surface area (Å²) >= 11 is 6.02. The van der Waals surface area contributed by atoms with Crippen molar-refractivity contribution >= 4 is 11.6 Å². The summed E-state index contributed by atoms with van der Waals surface area (Å²) in [5.74, 6) is 1.06. The Balaban J connectivity index is 2.29. The second-order valence-electron chi connectivity index (χ2n) is 4.20. The average molecular weight is 267 g/mol. The maximum absolute atomic E-state index is 6.03. The van der Waals surface area contributed by atoms with Gasteiger partial charge in [0.1, 0.15) is 5.69 Å². The molecule has 0 saturated heterocycles. The van der Waals surface area contributed by atoms with Crippen molar-refractivity contribution in [2.45, 2.75) is 26.3 Å². The summed E-state index contributed by atoms with van der Waals surface area (Å²) in [7, 11) is 0. The highest BCUT2D eigenvalue weighted by atomic mass is 35.5. The lowest BCUT2D eigenvalue weighted by molar-refractivity contribution is 0.312. The van der Waals surface area contributed by atoms with Crippen LogP contribution in [-0.2, 0) is 0 Å². The van der Waals surface area contributed by atoms with E-state index in [4.69, 9.17) is 21.9 Å².